The SMILES string of the molecule is COCc1nnc2n1Cc1c(-c3nc(C)no3)ncn1-c1ccc(OC(F)(F)F)cc1-2. The van der Waals surface area contributed by atoms with E-state index in [0.29, 0.717) is 40.1 Å². The molecule has 1 aliphatic rings. The van der Waals surface area contributed by atoms with E-state index in [0.717, 1.165) is 0 Å². The van der Waals surface area contributed by atoms with Gasteiger partial charge in [-0.3, -0.25) is 4.57 Å². The molecule has 13 heteroatoms. The molecule has 0 aliphatic carbocycles. The summed E-state index contributed by atoms with van der Waals surface area (Å²) in [6.45, 7) is 2.10. The Morgan fingerprint density at radius 1 is 1.23 bits per heavy atom. The zero-order valence-electron chi connectivity index (χ0n) is 16.2. The number of hydrogen-bond acceptors (Lipinski definition) is 8. The maximum absolute atomic E-state index is 12.8. The van der Waals surface area contributed by atoms with Gasteiger partial charge in [0.25, 0.3) is 5.89 Å². The molecule has 0 atom stereocenters. The van der Waals surface area contributed by atoms with Gasteiger partial charge in [-0.1, -0.05) is 5.16 Å². The van der Waals surface area contributed by atoms with E-state index in [2.05, 4.69) is 30.1 Å². The highest BCUT2D eigenvalue weighted by molar-refractivity contribution is 5.72. The molecular formula is C18H14F3N7O3. The fourth-order valence-corrected chi connectivity index (χ4v) is 3.49. The monoisotopic (exact) mass is 433 g/mol. The number of halogens is 3. The van der Waals surface area contributed by atoms with E-state index in [4.69, 9.17) is 9.26 Å². The van der Waals surface area contributed by atoms with Crippen molar-refractivity contribution in [3.8, 4) is 34.4 Å². The molecule has 4 heterocycles. The van der Waals surface area contributed by atoms with Crippen LogP contribution in [0.3, 0.4) is 0 Å². The van der Waals surface area contributed by atoms with Crippen molar-refractivity contribution in [2.45, 2.75) is 26.4 Å². The van der Waals surface area contributed by atoms with Crippen LogP contribution >= 0.6 is 0 Å². The molecule has 4 aromatic rings. The van der Waals surface area contributed by atoms with Gasteiger partial charge in [-0.05, 0) is 25.1 Å². The molecular weight excluding hydrogens is 419 g/mol. The lowest BCUT2D eigenvalue weighted by atomic mass is 10.1. The summed E-state index contributed by atoms with van der Waals surface area (Å²) in [5.41, 5.74) is 2.06. The molecule has 0 fully saturated rings. The molecule has 3 aromatic heterocycles. The zero-order chi connectivity index (χ0) is 21.8. The number of benzene rings is 1. The van der Waals surface area contributed by atoms with Crippen LogP contribution in [0, 0.1) is 6.92 Å². The summed E-state index contributed by atoms with van der Waals surface area (Å²) < 4.78 is 56.4. The highest BCUT2D eigenvalue weighted by atomic mass is 19.4. The van der Waals surface area contributed by atoms with E-state index in [1.54, 1.807) is 22.4 Å². The van der Waals surface area contributed by atoms with Gasteiger partial charge in [0.2, 0.25) is 0 Å². The maximum atomic E-state index is 12.8. The molecule has 0 radical (unpaired) electrons. The third-order valence-electron chi connectivity index (χ3n) is 4.71. The van der Waals surface area contributed by atoms with Crippen LogP contribution < -0.4 is 4.74 Å². The molecule has 0 unspecified atom stereocenters. The van der Waals surface area contributed by atoms with Gasteiger partial charge in [0.15, 0.2) is 23.2 Å². The molecule has 0 N–H and O–H groups in total. The minimum Gasteiger partial charge on any atom is -0.406 e. The summed E-state index contributed by atoms with van der Waals surface area (Å²) in [5.74, 6) is 1.17. The van der Waals surface area contributed by atoms with Crippen LogP contribution in [0.2, 0.25) is 0 Å². The number of ether oxygens (including phenoxy) is 2. The number of imidazole rings is 1. The molecule has 1 aromatic carbocycles. The van der Waals surface area contributed by atoms with Gasteiger partial charge in [0.1, 0.15) is 18.7 Å². The second-order valence-corrected chi connectivity index (χ2v) is 6.74. The molecule has 0 bridgehead atoms. The number of fused-ring (bicyclic) bond motifs is 5. The van der Waals surface area contributed by atoms with Crippen LogP contribution in [0.15, 0.2) is 29.0 Å². The van der Waals surface area contributed by atoms with Gasteiger partial charge in [-0.2, -0.15) is 4.98 Å². The molecule has 10 nitrogen and oxygen atoms in total. The molecule has 1 aliphatic heterocycles. The van der Waals surface area contributed by atoms with Crippen molar-refractivity contribution in [2.75, 3.05) is 7.11 Å². The molecule has 0 spiro atoms. The first-order valence-corrected chi connectivity index (χ1v) is 9.02. The van der Waals surface area contributed by atoms with E-state index in [9.17, 15) is 13.2 Å². The maximum Gasteiger partial charge on any atom is 0.573 e. The van der Waals surface area contributed by atoms with E-state index in [1.807, 2.05) is 0 Å². The first-order chi connectivity index (χ1) is 14.8. The Labute approximate surface area is 172 Å². The van der Waals surface area contributed by atoms with Crippen molar-refractivity contribution in [3.05, 3.63) is 41.9 Å². The van der Waals surface area contributed by atoms with Crippen molar-refractivity contribution in [1.29, 1.82) is 0 Å². The van der Waals surface area contributed by atoms with Gasteiger partial charge >= 0.3 is 6.36 Å². The van der Waals surface area contributed by atoms with Gasteiger partial charge in [-0.25, -0.2) is 4.98 Å². The minimum absolute atomic E-state index is 0.157. The van der Waals surface area contributed by atoms with Gasteiger partial charge < -0.3 is 18.6 Å². The summed E-state index contributed by atoms with van der Waals surface area (Å²) in [4.78, 5) is 8.65. The van der Waals surface area contributed by atoms with Crippen molar-refractivity contribution >= 4 is 0 Å². The first-order valence-electron chi connectivity index (χ1n) is 9.02. The summed E-state index contributed by atoms with van der Waals surface area (Å²) in [5, 5.41) is 12.1. The molecule has 31 heavy (non-hydrogen) atoms. The Kier molecular flexibility index (Phi) is 4.28. The minimum atomic E-state index is -4.82. The second-order valence-electron chi connectivity index (χ2n) is 6.74. The number of hydrogen-bond donors (Lipinski definition) is 0. The van der Waals surface area contributed by atoms with E-state index >= 15 is 0 Å². The van der Waals surface area contributed by atoms with Crippen molar-refractivity contribution in [3.63, 3.8) is 0 Å². The molecule has 0 saturated heterocycles. The summed E-state index contributed by atoms with van der Waals surface area (Å²) in [6.07, 6.45) is -3.28. The largest absolute Gasteiger partial charge is 0.573 e. The number of nitrogens with zero attached hydrogens (tertiary/aromatic N) is 7. The third-order valence-corrected chi connectivity index (χ3v) is 4.71. The smallest absolute Gasteiger partial charge is 0.406 e. The van der Waals surface area contributed by atoms with E-state index in [-0.39, 0.29) is 24.8 Å². The quantitative estimate of drug-likeness (QED) is 0.426. The van der Waals surface area contributed by atoms with Gasteiger partial charge in [0, 0.05) is 12.7 Å². The highest BCUT2D eigenvalue weighted by Gasteiger charge is 2.33. The average molecular weight is 433 g/mol. The van der Waals surface area contributed by atoms with Crippen LogP contribution in [-0.2, 0) is 17.9 Å². The Morgan fingerprint density at radius 2 is 2.06 bits per heavy atom. The first kappa shape index (κ1) is 19.2. The van der Waals surface area contributed by atoms with Crippen LogP contribution in [0.1, 0.15) is 17.3 Å². The summed E-state index contributed by atoms with van der Waals surface area (Å²) in [7, 11) is 1.51. The van der Waals surface area contributed by atoms with Crippen molar-refractivity contribution in [1.82, 2.24) is 34.5 Å². The molecule has 0 amide bonds. The van der Waals surface area contributed by atoms with Crippen LogP contribution in [0.5, 0.6) is 5.75 Å². The Bertz CT molecular complexity index is 1270. The highest BCUT2D eigenvalue weighted by Crippen LogP contribution is 2.37. The Hall–Kier alpha value is -3.74. The third kappa shape index (κ3) is 3.32. The topological polar surface area (TPSA) is 106 Å². The van der Waals surface area contributed by atoms with Crippen LogP contribution in [-0.4, -0.2) is 47.9 Å². The number of alkyl halides is 3. The second kappa shape index (κ2) is 6.91. The molecule has 0 saturated carbocycles. The number of methoxy groups -OCH3 is 1. The number of aryl methyl sites for hydroxylation is 1. The molecule has 5 rings (SSSR count). The number of aromatic nitrogens is 7. The fraction of sp³-hybridized carbons (Fsp3) is 0.278. The molecule has 160 valence electrons. The van der Waals surface area contributed by atoms with Crippen LogP contribution in [0.25, 0.3) is 28.7 Å². The van der Waals surface area contributed by atoms with E-state index in [1.165, 1.54) is 25.3 Å². The van der Waals surface area contributed by atoms with E-state index < -0.39 is 6.36 Å². The summed E-state index contributed by atoms with van der Waals surface area (Å²) in [6, 6.07) is 4.00. The fourth-order valence-electron chi connectivity index (χ4n) is 3.49. The number of rotatable bonds is 4. The summed E-state index contributed by atoms with van der Waals surface area (Å²) >= 11 is 0. The average Bonchev–Trinajstić information content (AvgIpc) is 3.39. The zero-order valence-corrected chi connectivity index (χ0v) is 16.2. The standard InChI is InChI=1S/C18H14F3N7O3/c1-9-23-17(31-26-9)15-13-6-27-14(7-29-2)24-25-16(27)11-5-10(30-18(19,20)21)3-4-12(11)28(13)8-22-15/h3-5,8H,6-7H2,1-2H3. The van der Waals surface area contributed by atoms with Gasteiger partial charge in [-0.15, -0.1) is 23.4 Å². The normalized spacial score (nSPS) is 12.8. The Morgan fingerprint density at radius 3 is 2.77 bits per heavy atom. The predicted molar refractivity (Wildman–Crippen MR) is 97.1 cm³/mol. The van der Waals surface area contributed by atoms with Crippen molar-refractivity contribution < 1.29 is 27.2 Å². The van der Waals surface area contributed by atoms with Crippen molar-refractivity contribution in [2.24, 2.45) is 0 Å². The lowest BCUT2D eigenvalue weighted by Gasteiger charge is -2.12. The lowest BCUT2D eigenvalue weighted by Crippen LogP contribution is -2.17. The lowest BCUT2D eigenvalue weighted by molar-refractivity contribution is -0.274. The van der Waals surface area contributed by atoms with Gasteiger partial charge in [0.05, 0.1) is 17.9 Å². The Balaban J connectivity index is 1.73. The predicted octanol–water partition coefficient (Wildman–Crippen LogP) is 2.90. The van der Waals surface area contributed by atoms with Crippen LogP contribution in [0.4, 0.5) is 13.2 Å².